The zero-order chi connectivity index (χ0) is 22.9. The number of rotatable bonds is 4. The molecule has 168 valence electrons. The molecule has 0 amide bonds. The van der Waals surface area contributed by atoms with Crippen molar-refractivity contribution in [2.45, 2.75) is 45.6 Å². The van der Waals surface area contributed by atoms with Gasteiger partial charge in [-0.1, -0.05) is 43.0 Å². The van der Waals surface area contributed by atoms with E-state index in [0.717, 1.165) is 35.2 Å². The number of hydrogen-bond donors (Lipinski definition) is 1. The SMILES string of the molecule is Cc1cncc(-c2ccc(-c3cc4cnc(N)nc4n(CC4CCCCC4)c3=O)c(Cl)c2)n1. The number of halogens is 1. The van der Waals surface area contributed by atoms with Gasteiger partial charge in [0, 0.05) is 46.0 Å². The maximum atomic E-state index is 13.7. The normalized spacial score (nSPS) is 14.6. The fourth-order valence-electron chi connectivity index (χ4n) is 4.66. The molecule has 1 aliphatic carbocycles. The van der Waals surface area contributed by atoms with Gasteiger partial charge in [-0.25, -0.2) is 9.97 Å². The minimum atomic E-state index is -0.115. The molecule has 0 radical (unpaired) electrons. The number of hydrogen-bond acceptors (Lipinski definition) is 6. The van der Waals surface area contributed by atoms with Crippen molar-refractivity contribution in [3.05, 3.63) is 63.9 Å². The van der Waals surface area contributed by atoms with E-state index in [-0.39, 0.29) is 11.5 Å². The predicted octanol–water partition coefficient (Wildman–Crippen LogP) is 5.04. The summed E-state index contributed by atoms with van der Waals surface area (Å²) in [5.41, 5.74) is 9.93. The van der Waals surface area contributed by atoms with Gasteiger partial charge < -0.3 is 5.73 Å². The van der Waals surface area contributed by atoms with Gasteiger partial charge in [0.25, 0.3) is 5.56 Å². The molecule has 8 heteroatoms. The fourth-order valence-corrected chi connectivity index (χ4v) is 4.94. The maximum Gasteiger partial charge on any atom is 0.260 e. The van der Waals surface area contributed by atoms with Gasteiger partial charge in [-0.2, -0.15) is 4.98 Å². The van der Waals surface area contributed by atoms with Crippen LogP contribution in [0.1, 0.15) is 37.8 Å². The van der Waals surface area contributed by atoms with Crippen LogP contribution >= 0.6 is 11.6 Å². The monoisotopic (exact) mass is 460 g/mol. The first kappa shape index (κ1) is 21.5. The largest absolute Gasteiger partial charge is 0.368 e. The molecule has 0 unspecified atom stereocenters. The van der Waals surface area contributed by atoms with E-state index in [1.54, 1.807) is 23.2 Å². The Hall–Kier alpha value is -3.32. The highest BCUT2D eigenvalue weighted by Crippen LogP contribution is 2.32. The van der Waals surface area contributed by atoms with E-state index >= 15 is 0 Å². The van der Waals surface area contributed by atoms with Crippen molar-refractivity contribution in [2.24, 2.45) is 5.92 Å². The van der Waals surface area contributed by atoms with E-state index in [4.69, 9.17) is 17.3 Å². The van der Waals surface area contributed by atoms with Crippen LogP contribution in [0.3, 0.4) is 0 Å². The van der Waals surface area contributed by atoms with Gasteiger partial charge in [0.05, 0.1) is 17.6 Å². The smallest absolute Gasteiger partial charge is 0.260 e. The zero-order valence-corrected chi connectivity index (χ0v) is 19.2. The van der Waals surface area contributed by atoms with Crippen molar-refractivity contribution >= 4 is 28.6 Å². The van der Waals surface area contributed by atoms with Gasteiger partial charge in [0.2, 0.25) is 5.95 Å². The molecule has 33 heavy (non-hydrogen) atoms. The molecular formula is C25H25ClN6O. The lowest BCUT2D eigenvalue weighted by atomic mass is 9.89. The van der Waals surface area contributed by atoms with Gasteiger partial charge >= 0.3 is 0 Å². The Balaban J connectivity index is 1.63. The third-order valence-corrected chi connectivity index (χ3v) is 6.63. The van der Waals surface area contributed by atoms with E-state index in [0.29, 0.717) is 34.3 Å². The van der Waals surface area contributed by atoms with Crippen LogP contribution in [0, 0.1) is 12.8 Å². The van der Waals surface area contributed by atoms with Crippen molar-refractivity contribution < 1.29 is 0 Å². The molecule has 2 N–H and O–H groups in total. The second-order valence-corrected chi connectivity index (χ2v) is 9.13. The first-order chi connectivity index (χ1) is 16.0. The molecule has 1 fully saturated rings. The van der Waals surface area contributed by atoms with Gasteiger partial charge in [0.1, 0.15) is 5.65 Å². The molecule has 1 aromatic carbocycles. The Morgan fingerprint density at radius 3 is 2.64 bits per heavy atom. The Morgan fingerprint density at radius 1 is 1.06 bits per heavy atom. The first-order valence-corrected chi connectivity index (χ1v) is 11.6. The third kappa shape index (κ3) is 4.33. The van der Waals surface area contributed by atoms with Crippen LogP contribution < -0.4 is 11.3 Å². The molecular weight excluding hydrogens is 436 g/mol. The van der Waals surface area contributed by atoms with Gasteiger partial charge in [-0.15, -0.1) is 0 Å². The number of nitrogen functional groups attached to an aromatic ring is 1. The molecule has 0 aliphatic heterocycles. The lowest BCUT2D eigenvalue weighted by Crippen LogP contribution is -2.27. The van der Waals surface area contributed by atoms with E-state index < -0.39 is 0 Å². The van der Waals surface area contributed by atoms with Gasteiger partial charge in [-0.05, 0) is 37.8 Å². The molecule has 4 aromatic rings. The summed E-state index contributed by atoms with van der Waals surface area (Å²) in [5.74, 6) is 0.609. The number of aryl methyl sites for hydroxylation is 1. The summed E-state index contributed by atoms with van der Waals surface area (Å²) >= 11 is 6.70. The van der Waals surface area contributed by atoms with E-state index in [2.05, 4.69) is 19.9 Å². The average molecular weight is 461 g/mol. The number of aromatic nitrogens is 5. The third-order valence-electron chi connectivity index (χ3n) is 6.32. The number of fused-ring (bicyclic) bond motifs is 1. The summed E-state index contributed by atoms with van der Waals surface area (Å²) in [6.07, 6.45) is 11.0. The number of anilines is 1. The summed E-state index contributed by atoms with van der Waals surface area (Å²) in [6.45, 7) is 2.51. The minimum Gasteiger partial charge on any atom is -0.368 e. The maximum absolute atomic E-state index is 13.7. The predicted molar refractivity (Wildman–Crippen MR) is 131 cm³/mol. The molecule has 3 aromatic heterocycles. The van der Waals surface area contributed by atoms with Crippen molar-refractivity contribution in [1.29, 1.82) is 0 Å². The standard InChI is InChI=1S/C25H25ClN6O/c1-15-11-28-13-22(30-15)17-7-8-19(21(26)10-17)20-9-18-12-29-25(27)31-23(18)32(24(20)33)14-16-5-3-2-4-6-16/h7-13,16H,2-6,14H2,1H3,(H2,27,29,31). The Labute approximate surface area is 196 Å². The summed E-state index contributed by atoms with van der Waals surface area (Å²) in [6, 6.07) is 7.42. The first-order valence-electron chi connectivity index (χ1n) is 11.2. The average Bonchev–Trinajstić information content (AvgIpc) is 2.82. The highest BCUT2D eigenvalue weighted by atomic mass is 35.5. The van der Waals surface area contributed by atoms with Crippen molar-refractivity contribution in [1.82, 2.24) is 24.5 Å². The van der Waals surface area contributed by atoms with Crippen LogP contribution in [0.25, 0.3) is 33.4 Å². The molecule has 0 saturated heterocycles. The molecule has 0 bridgehead atoms. The Bertz CT molecular complexity index is 1390. The van der Waals surface area contributed by atoms with Crippen molar-refractivity contribution in [2.75, 3.05) is 5.73 Å². The topological polar surface area (TPSA) is 99.6 Å². The summed E-state index contributed by atoms with van der Waals surface area (Å²) in [5, 5.41) is 1.24. The highest BCUT2D eigenvalue weighted by Gasteiger charge is 2.20. The molecule has 1 saturated carbocycles. The van der Waals surface area contributed by atoms with Crippen molar-refractivity contribution in [3.8, 4) is 22.4 Å². The van der Waals surface area contributed by atoms with Crippen LogP contribution in [0.4, 0.5) is 5.95 Å². The Morgan fingerprint density at radius 2 is 1.88 bits per heavy atom. The van der Waals surface area contributed by atoms with Crippen LogP contribution in [-0.4, -0.2) is 24.5 Å². The second-order valence-electron chi connectivity index (χ2n) is 8.73. The second kappa shape index (κ2) is 8.90. The quantitative estimate of drug-likeness (QED) is 0.458. The van der Waals surface area contributed by atoms with Crippen LogP contribution in [0.15, 0.2) is 47.7 Å². The Kier molecular flexibility index (Phi) is 5.81. The lowest BCUT2D eigenvalue weighted by Gasteiger charge is -2.23. The van der Waals surface area contributed by atoms with E-state index in [9.17, 15) is 4.79 Å². The van der Waals surface area contributed by atoms with Crippen LogP contribution in [-0.2, 0) is 6.54 Å². The van der Waals surface area contributed by atoms with E-state index in [1.165, 1.54) is 19.3 Å². The van der Waals surface area contributed by atoms with Gasteiger partial charge in [0.15, 0.2) is 0 Å². The molecule has 5 rings (SSSR count). The molecule has 1 aliphatic rings. The number of nitrogens with zero attached hydrogens (tertiary/aromatic N) is 5. The molecule has 0 atom stereocenters. The van der Waals surface area contributed by atoms with E-state index in [1.807, 2.05) is 31.2 Å². The lowest BCUT2D eigenvalue weighted by molar-refractivity contribution is 0.319. The highest BCUT2D eigenvalue weighted by molar-refractivity contribution is 6.33. The number of pyridine rings is 1. The number of nitrogens with two attached hydrogens (primary N) is 1. The van der Waals surface area contributed by atoms with Crippen LogP contribution in [0.5, 0.6) is 0 Å². The zero-order valence-electron chi connectivity index (χ0n) is 18.5. The number of benzene rings is 1. The summed E-state index contributed by atoms with van der Waals surface area (Å²) in [4.78, 5) is 31.0. The summed E-state index contributed by atoms with van der Waals surface area (Å²) < 4.78 is 1.76. The molecule has 3 heterocycles. The molecule has 7 nitrogen and oxygen atoms in total. The van der Waals surface area contributed by atoms with Crippen molar-refractivity contribution in [3.63, 3.8) is 0 Å². The van der Waals surface area contributed by atoms with Crippen LogP contribution in [0.2, 0.25) is 5.02 Å². The van der Waals surface area contributed by atoms with Gasteiger partial charge in [-0.3, -0.25) is 14.3 Å². The summed E-state index contributed by atoms with van der Waals surface area (Å²) in [7, 11) is 0. The minimum absolute atomic E-state index is 0.115. The molecule has 0 spiro atoms. The fraction of sp³-hybridized carbons (Fsp3) is 0.320.